The molecule has 1 aromatic rings. The van der Waals surface area contributed by atoms with Crippen LogP contribution < -0.4 is 4.57 Å². The molecule has 0 aliphatic carbocycles. The Hall–Kier alpha value is -1.43. The third-order valence-electron chi connectivity index (χ3n) is 2.71. The van der Waals surface area contributed by atoms with E-state index in [0.29, 0.717) is 13.5 Å². The van der Waals surface area contributed by atoms with Crippen molar-refractivity contribution in [1.29, 1.82) is 0 Å². The summed E-state index contributed by atoms with van der Waals surface area (Å²) in [6.07, 6.45) is 8.09. The summed E-state index contributed by atoms with van der Waals surface area (Å²) in [4.78, 5) is 0. The van der Waals surface area contributed by atoms with Gasteiger partial charge in [-0.3, -0.25) is 0 Å². The van der Waals surface area contributed by atoms with Gasteiger partial charge in [0, 0.05) is 0 Å². The first-order valence-corrected chi connectivity index (χ1v) is 11.0. The standard InChI is InChI=1S/C11H21N2O2.C2F6NO4S2/c1-3-7-14-10-12-5-6-13(9-12)11-15-8-4-2;3-1(4,5)14(10,11)9-15(12,13)2(6,7)8/h5-6,9H,3-4,7-8,10-11H2,1-2H3;/q+1;-1. The Morgan fingerprint density at radius 3 is 1.80 bits per heavy atom. The zero-order chi connectivity index (χ0) is 23.6. The second-order valence-electron chi connectivity index (χ2n) is 5.43. The normalized spacial score (nSPS) is 13.1. The summed E-state index contributed by atoms with van der Waals surface area (Å²) >= 11 is 0. The van der Waals surface area contributed by atoms with E-state index in [1.807, 2.05) is 27.9 Å². The van der Waals surface area contributed by atoms with Gasteiger partial charge in [0.25, 0.3) is 0 Å². The van der Waals surface area contributed by atoms with Crippen molar-refractivity contribution in [1.82, 2.24) is 4.57 Å². The topological polar surface area (TPSA) is 110 Å². The summed E-state index contributed by atoms with van der Waals surface area (Å²) in [5.74, 6) is 0. The number of halogens is 6. The van der Waals surface area contributed by atoms with Gasteiger partial charge in [0.05, 0.1) is 13.2 Å². The van der Waals surface area contributed by atoms with Crippen LogP contribution in [0.4, 0.5) is 26.3 Å². The first-order chi connectivity index (χ1) is 13.6. The molecule has 0 saturated heterocycles. The number of sulfonamides is 2. The number of hydrogen-bond donors (Lipinski definition) is 0. The molecule has 1 rings (SSSR count). The quantitative estimate of drug-likeness (QED) is 0.282. The maximum Gasteiger partial charge on any atom is 0.480 e. The minimum atomic E-state index is -6.72. The predicted molar refractivity (Wildman–Crippen MR) is 90.4 cm³/mol. The van der Waals surface area contributed by atoms with E-state index >= 15 is 0 Å². The van der Waals surface area contributed by atoms with Gasteiger partial charge in [0.1, 0.15) is 12.4 Å². The molecule has 0 aliphatic heterocycles. The molecule has 0 spiro atoms. The Labute approximate surface area is 169 Å². The van der Waals surface area contributed by atoms with Crippen LogP contribution in [0, 0.1) is 0 Å². The van der Waals surface area contributed by atoms with E-state index in [1.54, 1.807) is 0 Å². The Balaban J connectivity index is 0.000000561. The summed E-state index contributed by atoms with van der Waals surface area (Å²) in [6, 6.07) is 0. The molecule has 0 aromatic carbocycles. The highest BCUT2D eigenvalue weighted by Gasteiger charge is 2.46. The Morgan fingerprint density at radius 1 is 0.900 bits per heavy atom. The Morgan fingerprint density at radius 2 is 1.37 bits per heavy atom. The Kier molecular flexibility index (Phi) is 11.3. The number of nitrogens with zero attached hydrogens (tertiary/aromatic N) is 3. The van der Waals surface area contributed by atoms with Crippen LogP contribution in [0.3, 0.4) is 0 Å². The first-order valence-electron chi connectivity index (χ1n) is 8.14. The number of aromatic nitrogens is 2. The van der Waals surface area contributed by atoms with E-state index in [1.165, 1.54) is 0 Å². The summed E-state index contributed by atoms with van der Waals surface area (Å²) in [7, 11) is -13.4. The van der Waals surface area contributed by atoms with Crippen LogP contribution in [-0.4, -0.2) is 45.6 Å². The fraction of sp³-hybridized carbons (Fsp3) is 0.769. The van der Waals surface area contributed by atoms with Crippen LogP contribution in [0.25, 0.3) is 4.13 Å². The second kappa shape index (κ2) is 11.8. The van der Waals surface area contributed by atoms with Crippen molar-refractivity contribution >= 4 is 20.0 Å². The van der Waals surface area contributed by atoms with Crippen molar-refractivity contribution in [3.63, 3.8) is 0 Å². The molecular weight excluding hydrogens is 472 g/mol. The van der Waals surface area contributed by atoms with Gasteiger partial charge in [0.15, 0.2) is 33.5 Å². The molecule has 1 heterocycles. The summed E-state index contributed by atoms with van der Waals surface area (Å²) < 4.78 is 124. The summed E-state index contributed by atoms with van der Waals surface area (Å²) in [5.41, 5.74) is -12.4. The maximum absolute atomic E-state index is 11.4. The third-order valence-corrected chi connectivity index (χ3v) is 5.45. The third kappa shape index (κ3) is 10.1. The minimum Gasteiger partial charge on any atom is -0.421 e. The van der Waals surface area contributed by atoms with Crippen LogP contribution in [-0.2, 0) is 43.0 Å². The lowest BCUT2D eigenvalue weighted by Gasteiger charge is -2.22. The highest BCUT2D eigenvalue weighted by molar-refractivity contribution is 8.13. The lowest BCUT2D eigenvalue weighted by molar-refractivity contribution is -0.732. The van der Waals surface area contributed by atoms with Crippen LogP contribution in [0.5, 0.6) is 0 Å². The predicted octanol–water partition coefficient (Wildman–Crippen LogP) is 2.60. The van der Waals surface area contributed by atoms with Crippen LogP contribution in [0.1, 0.15) is 26.7 Å². The van der Waals surface area contributed by atoms with Gasteiger partial charge in [0.2, 0.25) is 6.33 Å². The van der Waals surface area contributed by atoms with Crippen molar-refractivity contribution in [3.8, 4) is 0 Å². The fourth-order valence-corrected chi connectivity index (χ4v) is 3.14. The zero-order valence-electron chi connectivity index (χ0n) is 15.9. The molecule has 0 bridgehead atoms. The zero-order valence-corrected chi connectivity index (χ0v) is 17.5. The van der Waals surface area contributed by atoms with Gasteiger partial charge < -0.3 is 13.6 Å². The van der Waals surface area contributed by atoms with Gasteiger partial charge in [-0.2, -0.15) is 26.3 Å². The van der Waals surface area contributed by atoms with Crippen molar-refractivity contribution in [2.24, 2.45) is 0 Å². The van der Waals surface area contributed by atoms with Crippen molar-refractivity contribution in [2.75, 3.05) is 13.2 Å². The fourth-order valence-electron chi connectivity index (χ4n) is 1.43. The molecule has 0 unspecified atom stereocenters. The molecular formula is C13H21F6N3O6S2. The molecule has 0 radical (unpaired) electrons. The minimum absolute atomic E-state index is 0.620. The van der Waals surface area contributed by atoms with Crippen LogP contribution in [0.15, 0.2) is 18.7 Å². The molecule has 0 N–H and O–H groups in total. The monoisotopic (exact) mass is 493 g/mol. The molecule has 9 nitrogen and oxygen atoms in total. The van der Waals surface area contributed by atoms with E-state index in [0.717, 1.165) is 30.2 Å². The summed E-state index contributed by atoms with van der Waals surface area (Å²) in [5, 5.41) is 0. The number of hydrogen-bond acceptors (Lipinski definition) is 6. The molecule has 0 saturated carbocycles. The average Bonchev–Trinajstić information content (AvgIpc) is 3.01. The van der Waals surface area contributed by atoms with Crippen molar-refractivity contribution < 1.29 is 57.2 Å². The molecule has 0 fully saturated rings. The lowest BCUT2D eigenvalue weighted by atomic mass is 10.5. The van der Waals surface area contributed by atoms with Gasteiger partial charge in [-0.15, -0.1) is 0 Å². The lowest BCUT2D eigenvalue weighted by Crippen LogP contribution is -2.32. The van der Waals surface area contributed by atoms with Crippen molar-refractivity contribution in [2.45, 2.75) is 51.2 Å². The van der Waals surface area contributed by atoms with E-state index in [4.69, 9.17) is 9.47 Å². The second-order valence-corrected chi connectivity index (χ2v) is 8.86. The molecule has 0 amide bonds. The highest BCUT2D eigenvalue weighted by Crippen LogP contribution is 2.36. The average molecular weight is 493 g/mol. The van der Waals surface area contributed by atoms with E-state index in [-0.39, 0.29) is 0 Å². The molecule has 17 heteroatoms. The maximum atomic E-state index is 11.4. The molecule has 0 atom stereocenters. The number of imidazole rings is 1. The van der Waals surface area contributed by atoms with Crippen molar-refractivity contribution in [3.05, 3.63) is 22.8 Å². The van der Waals surface area contributed by atoms with Gasteiger partial charge in [-0.1, -0.05) is 13.8 Å². The number of rotatable bonds is 10. The van der Waals surface area contributed by atoms with Gasteiger partial charge >= 0.3 is 11.0 Å². The SMILES string of the molecule is CCCOCn1cc[n+](COCCC)c1.O=S(=O)([N-]S(=O)(=O)C(F)(F)F)C(F)(F)F. The molecule has 178 valence electrons. The first kappa shape index (κ1) is 28.6. The molecule has 30 heavy (non-hydrogen) atoms. The largest absolute Gasteiger partial charge is 0.480 e. The van der Waals surface area contributed by atoms with E-state index in [2.05, 4.69) is 13.8 Å². The van der Waals surface area contributed by atoms with E-state index in [9.17, 15) is 43.2 Å². The van der Waals surface area contributed by atoms with Crippen LogP contribution in [0.2, 0.25) is 0 Å². The Bertz CT molecular complexity index is 770. The number of ether oxygens (including phenoxy) is 2. The van der Waals surface area contributed by atoms with Gasteiger partial charge in [-0.05, 0) is 12.8 Å². The molecule has 1 aromatic heterocycles. The van der Waals surface area contributed by atoms with Gasteiger partial charge in [-0.25, -0.2) is 26.0 Å². The smallest absolute Gasteiger partial charge is 0.421 e. The molecule has 0 aliphatic rings. The number of alkyl halides is 6. The van der Waals surface area contributed by atoms with E-state index < -0.39 is 31.1 Å². The van der Waals surface area contributed by atoms with Crippen LogP contribution >= 0.6 is 0 Å². The summed E-state index contributed by atoms with van der Waals surface area (Å²) in [6.45, 7) is 7.07. The highest BCUT2D eigenvalue weighted by atomic mass is 32.3.